The van der Waals surface area contributed by atoms with Gasteiger partial charge in [0, 0.05) is 36.9 Å². The van der Waals surface area contributed by atoms with Crippen molar-refractivity contribution in [1.82, 2.24) is 20.4 Å². The number of nitrogens with one attached hydrogen (secondary N) is 2. The first kappa shape index (κ1) is 17.8. The molecule has 3 atom stereocenters. The molecule has 130 valence electrons. The van der Waals surface area contributed by atoms with Gasteiger partial charge in [-0.05, 0) is 53.9 Å². The predicted octanol–water partition coefficient (Wildman–Crippen LogP) is 2.82. The number of carbonyl (C=O) groups excluding carboxylic acids is 1. The highest BCUT2D eigenvalue weighted by Gasteiger charge is 2.31. The Kier molecular flexibility index (Phi) is 5.34. The molecular weight excluding hydrogens is 292 g/mol. The normalized spacial score (nSPS) is 22.9. The number of nitrogens with zero attached hydrogens (tertiary/aromatic N) is 2. The van der Waals surface area contributed by atoms with Crippen molar-refractivity contribution >= 4 is 6.09 Å². The largest absolute Gasteiger partial charge is 0.444 e. The molecule has 0 saturated heterocycles. The first-order valence-electron chi connectivity index (χ1n) is 8.41. The van der Waals surface area contributed by atoms with Crippen LogP contribution in [0.4, 0.5) is 4.79 Å². The molecule has 1 fully saturated rings. The lowest BCUT2D eigenvalue weighted by atomic mass is 10.1. The summed E-state index contributed by atoms with van der Waals surface area (Å²) in [5.41, 5.74) is 1.78. The van der Waals surface area contributed by atoms with E-state index in [9.17, 15) is 4.79 Å². The fourth-order valence-electron chi connectivity index (χ4n) is 3.25. The number of aromatic nitrogens is 2. The first-order valence-corrected chi connectivity index (χ1v) is 8.41. The van der Waals surface area contributed by atoms with Crippen LogP contribution >= 0.6 is 0 Å². The molecule has 1 aromatic rings. The highest BCUT2D eigenvalue weighted by Crippen LogP contribution is 2.24. The maximum atomic E-state index is 12.0. The Hall–Kier alpha value is -1.56. The van der Waals surface area contributed by atoms with Crippen molar-refractivity contribution in [3.63, 3.8) is 0 Å². The van der Waals surface area contributed by atoms with Gasteiger partial charge >= 0.3 is 6.09 Å². The van der Waals surface area contributed by atoms with Crippen LogP contribution in [-0.4, -0.2) is 33.6 Å². The molecule has 2 N–H and O–H groups in total. The van der Waals surface area contributed by atoms with E-state index in [0.717, 1.165) is 25.0 Å². The fourth-order valence-corrected chi connectivity index (χ4v) is 3.25. The lowest BCUT2D eigenvalue weighted by molar-refractivity contribution is 0.0497. The van der Waals surface area contributed by atoms with Crippen LogP contribution in [0.1, 0.15) is 64.3 Å². The molecule has 3 unspecified atom stereocenters. The van der Waals surface area contributed by atoms with Crippen LogP contribution in [0.2, 0.25) is 0 Å². The summed E-state index contributed by atoms with van der Waals surface area (Å²) in [5.74, 6) is 0. The summed E-state index contributed by atoms with van der Waals surface area (Å²) in [4.78, 5) is 12.0. The van der Waals surface area contributed by atoms with E-state index in [1.165, 1.54) is 5.56 Å². The van der Waals surface area contributed by atoms with Gasteiger partial charge in [0.25, 0.3) is 0 Å². The number of amides is 1. The molecule has 1 amide bonds. The van der Waals surface area contributed by atoms with Crippen LogP contribution in [0.15, 0.2) is 6.20 Å². The van der Waals surface area contributed by atoms with Crippen LogP contribution < -0.4 is 10.6 Å². The zero-order valence-electron chi connectivity index (χ0n) is 15.1. The van der Waals surface area contributed by atoms with Crippen molar-refractivity contribution < 1.29 is 9.53 Å². The van der Waals surface area contributed by atoms with Crippen LogP contribution in [0.3, 0.4) is 0 Å². The molecule has 1 heterocycles. The summed E-state index contributed by atoms with van der Waals surface area (Å²) in [6, 6.07) is 0.580. The maximum absolute atomic E-state index is 12.0. The van der Waals surface area contributed by atoms with E-state index in [2.05, 4.69) is 28.9 Å². The Balaban J connectivity index is 1.94. The second-order valence-corrected chi connectivity index (χ2v) is 7.52. The van der Waals surface area contributed by atoms with Crippen LogP contribution in [0.25, 0.3) is 0 Å². The fraction of sp³-hybridized carbons (Fsp3) is 0.765. The summed E-state index contributed by atoms with van der Waals surface area (Å²) < 4.78 is 7.21. The van der Waals surface area contributed by atoms with Crippen LogP contribution in [-0.2, 0) is 11.8 Å². The number of hydrogen-bond donors (Lipinski definition) is 2. The average Bonchev–Trinajstić information content (AvgIpc) is 2.94. The van der Waals surface area contributed by atoms with Gasteiger partial charge in [-0.25, -0.2) is 4.79 Å². The van der Waals surface area contributed by atoms with Gasteiger partial charge in [0.15, 0.2) is 0 Å². The summed E-state index contributed by atoms with van der Waals surface area (Å²) in [6.45, 7) is 9.81. The number of ether oxygens (including phenoxy) is 1. The van der Waals surface area contributed by atoms with Crippen molar-refractivity contribution in [2.75, 3.05) is 0 Å². The Morgan fingerprint density at radius 2 is 2.04 bits per heavy atom. The van der Waals surface area contributed by atoms with Gasteiger partial charge in [0.2, 0.25) is 0 Å². The van der Waals surface area contributed by atoms with Crippen molar-refractivity contribution in [2.24, 2.45) is 7.05 Å². The maximum Gasteiger partial charge on any atom is 0.407 e. The summed E-state index contributed by atoms with van der Waals surface area (Å²) in [5, 5.41) is 11.1. The van der Waals surface area contributed by atoms with E-state index in [0.29, 0.717) is 0 Å². The number of alkyl carbamates (subject to hydrolysis) is 1. The third-order valence-corrected chi connectivity index (χ3v) is 4.20. The Morgan fingerprint density at radius 3 is 2.61 bits per heavy atom. The van der Waals surface area contributed by atoms with Crippen molar-refractivity contribution in [3.8, 4) is 0 Å². The quantitative estimate of drug-likeness (QED) is 0.894. The molecule has 0 aromatic carbocycles. The molecular formula is C17H30N4O2. The minimum atomic E-state index is -0.467. The molecule has 0 spiro atoms. The van der Waals surface area contributed by atoms with E-state index < -0.39 is 5.60 Å². The summed E-state index contributed by atoms with van der Waals surface area (Å²) >= 11 is 0. The molecule has 23 heavy (non-hydrogen) atoms. The van der Waals surface area contributed by atoms with Gasteiger partial charge < -0.3 is 15.4 Å². The van der Waals surface area contributed by atoms with E-state index in [-0.39, 0.29) is 24.2 Å². The average molecular weight is 322 g/mol. The number of carbonyl (C=O) groups is 1. The number of hydrogen-bond acceptors (Lipinski definition) is 4. The predicted molar refractivity (Wildman–Crippen MR) is 90.3 cm³/mol. The van der Waals surface area contributed by atoms with E-state index in [1.54, 1.807) is 0 Å². The topological polar surface area (TPSA) is 68.2 Å². The standard InChI is InChI=1S/C17H30N4O2/c1-11(13-10-21(6)20-12(13)2)18-14-8-7-9-15(14)19-16(22)23-17(3,4)5/h10-11,14-15,18H,7-9H2,1-6H3,(H,19,22). The van der Waals surface area contributed by atoms with Gasteiger partial charge in [-0.1, -0.05) is 0 Å². The van der Waals surface area contributed by atoms with E-state index in [4.69, 9.17) is 4.74 Å². The van der Waals surface area contributed by atoms with Crippen molar-refractivity contribution in [1.29, 1.82) is 0 Å². The Labute approximate surface area is 139 Å². The molecule has 1 aromatic heterocycles. The highest BCUT2D eigenvalue weighted by molar-refractivity contribution is 5.68. The minimum Gasteiger partial charge on any atom is -0.444 e. The lowest BCUT2D eigenvalue weighted by Gasteiger charge is -2.27. The molecule has 0 bridgehead atoms. The van der Waals surface area contributed by atoms with Gasteiger partial charge in [0.05, 0.1) is 5.69 Å². The van der Waals surface area contributed by atoms with Crippen molar-refractivity contribution in [3.05, 3.63) is 17.5 Å². The van der Waals surface area contributed by atoms with Gasteiger partial charge in [-0.2, -0.15) is 5.10 Å². The van der Waals surface area contributed by atoms with Gasteiger partial charge in [0.1, 0.15) is 5.60 Å². The molecule has 6 nitrogen and oxygen atoms in total. The van der Waals surface area contributed by atoms with Crippen molar-refractivity contribution in [2.45, 2.75) is 77.6 Å². The molecule has 1 saturated carbocycles. The summed E-state index contributed by atoms with van der Waals surface area (Å²) in [6.07, 6.45) is 4.87. The Morgan fingerprint density at radius 1 is 1.39 bits per heavy atom. The molecule has 0 radical (unpaired) electrons. The lowest BCUT2D eigenvalue weighted by Crippen LogP contribution is -2.48. The second-order valence-electron chi connectivity index (χ2n) is 7.52. The first-order chi connectivity index (χ1) is 10.7. The zero-order chi connectivity index (χ0) is 17.2. The zero-order valence-corrected chi connectivity index (χ0v) is 15.1. The van der Waals surface area contributed by atoms with Gasteiger partial charge in [-0.15, -0.1) is 0 Å². The molecule has 1 aliphatic carbocycles. The minimum absolute atomic E-state index is 0.115. The summed E-state index contributed by atoms with van der Waals surface area (Å²) in [7, 11) is 1.94. The van der Waals surface area contributed by atoms with Crippen LogP contribution in [0, 0.1) is 6.92 Å². The van der Waals surface area contributed by atoms with Crippen LogP contribution in [0.5, 0.6) is 0 Å². The third-order valence-electron chi connectivity index (χ3n) is 4.20. The SMILES string of the molecule is Cc1nn(C)cc1C(C)NC1CCCC1NC(=O)OC(C)(C)C. The molecule has 6 heteroatoms. The molecule has 1 aliphatic rings. The molecule has 2 rings (SSSR count). The third kappa shape index (κ3) is 4.96. The molecule has 0 aliphatic heterocycles. The number of aryl methyl sites for hydroxylation is 2. The monoisotopic (exact) mass is 322 g/mol. The van der Waals surface area contributed by atoms with E-state index in [1.807, 2.05) is 39.4 Å². The Bertz CT molecular complexity index is 547. The van der Waals surface area contributed by atoms with E-state index >= 15 is 0 Å². The number of rotatable bonds is 4. The highest BCUT2D eigenvalue weighted by atomic mass is 16.6. The second kappa shape index (κ2) is 6.91. The van der Waals surface area contributed by atoms with Gasteiger partial charge in [-0.3, -0.25) is 4.68 Å². The smallest absolute Gasteiger partial charge is 0.407 e.